The van der Waals surface area contributed by atoms with Crippen LogP contribution in [0.3, 0.4) is 0 Å². The molecule has 0 bridgehead atoms. The fraction of sp³-hybridized carbons (Fsp3) is 0.385. The van der Waals surface area contributed by atoms with Crippen LogP contribution in [0.1, 0.15) is 12.0 Å². The molecule has 3 N–H and O–H groups in total. The second-order valence-corrected chi connectivity index (χ2v) is 7.19. The smallest absolute Gasteiger partial charge is 0.240 e. The van der Waals surface area contributed by atoms with Crippen molar-refractivity contribution in [1.82, 2.24) is 4.72 Å². The molecule has 1 heterocycles. The lowest BCUT2D eigenvalue weighted by Gasteiger charge is -2.12. The third-order valence-electron chi connectivity index (χ3n) is 2.83. The Morgan fingerprint density at radius 2 is 2.30 bits per heavy atom. The summed E-state index contributed by atoms with van der Waals surface area (Å²) in [4.78, 5) is -0.0785. The van der Waals surface area contributed by atoms with Gasteiger partial charge in [-0.15, -0.1) is 0 Å². The van der Waals surface area contributed by atoms with Crippen LogP contribution in [-0.2, 0) is 10.0 Å². The highest BCUT2D eigenvalue weighted by molar-refractivity contribution is 7.99. The van der Waals surface area contributed by atoms with E-state index in [4.69, 9.17) is 5.73 Å². The van der Waals surface area contributed by atoms with E-state index in [1.165, 1.54) is 12.1 Å². The van der Waals surface area contributed by atoms with Crippen LogP contribution in [0, 0.1) is 17.7 Å². The summed E-state index contributed by atoms with van der Waals surface area (Å²) in [6.07, 6.45) is 0.798. The van der Waals surface area contributed by atoms with E-state index in [-0.39, 0.29) is 23.0 Å². The Kier molecular flexibility index (Phi) is 5.05. The van der Waals surface area contributed by atoms with Gasteiger partial charge in [-0.3, -0.25) is 0 Å². The van der Waals surface area contributed by atoms with Crippen LogP contribution in [0.2, 0.25) is 0 Å². The minimum Gasteiger partial charge on any atom is -0.320 e. The van der Waals surface area contributed by atoms with E-state index >= 15 is 0 Å². The molecule has 0 amide bonds. The molecule has 1 fully saturated rings. The van der Waals surface area contributed by atoms with E-state index in [1.807, 2.05) is 0 Å². The van der Waals surface area contributed by atoms with Gasteiger partial charge < -0.3 is 5.73 Å². The topological polar surface area (TPSA) is 72.2 Å². The second-order valence-electron chi connectivity index (χ2n) is 4.33. The number of thioether (sulfide) groups is 1. The van der Waals surface area contributed by atoms with Gasteiger partial charge in [0.2, 0.25) is 10.0 Å². The number of sulfonamides is 1. The molecule has 2 rings (SSSR count). The molecule has 108 valence electrons. The van der Waals surface area contributed by atoms with E-state index in [2.05, 4.69) is 16.6 Å². The van der Waals surface area contributed by atoms with E-state index in [9.17, 15) is 12.8 Å². The SMILES string of the molecule is NCC#Cc1ccc(S(=O)(=O)NC2CCSC2)cc1F. The molecular formula is C13H15FN2O2S2. The zero-order valence-corrected chi connectivity index (χ0v) is 12.4. The monoisotopic (exact) mass is 314 g/mol. The van der Waals surface area contributed by atoms with Crippen molar-refractivity contribution in [2.45, 2.75) is 17.4 Å². The molecule has 7 heteroatoms. The Morgan fingerprint density at radius 3 is 2.90 bits per heavy atom. The number of hydrogen-bond acceptors (Lipinski definition) is 4. The highest BCUT2D eigenvalue weighted by Gasteiger charge is 2.23. The van der Waals surface area contributed by atoms with Gasteiger partial charge in [-0.2, -0.15) is 11.8 Å². The molecular weight excluding hydrogens is 299 g/mol. The Morgan fingerprint density at radius 1 is 1.50 bits per heavy atom. The van der Waals surface area contributed by atoms with Crippen molar-refractivity contribution in [3.8, 4) is 11.8 Å². The summed E-state index contributed by atoms with van der Waals surface area (Å²) >= 11 is 1.70. The molecule has 20 heavy (non-hydrogen) atoms. The van der Waals surface area contributed by atoms with Gasteiger partial charge in [-0.05, 0) is 30.4 Å². The first-order chi connectivity index (χ1) is 9.53. The number of benzene rings is 1. The molecule has 1 unspecified atom stereocenters. The zero-order valence-electron chi connectivity index (χ0n) is 10.7. The summed E-state index contributed by atoms with van der Waals surface area (Å²) in [5.74, 6) is 6.12. The predicted octanol–water partition coefficient (Wildman–Crippen LogP) is 0.920. The summed E-state index contributed by atoms with van der Waals surface area (Å²) < 4.78 is 40.6. The van der Waals surface area contributed by atoms with Crippen molar-refractivity contribution in [2.75, 3.05) is 18.1 Å². The lowest BCUT2D eigenvalue weighted by atomic mass is 10.2. The van der Waals surface area contributed by atoms with E-state index < -0.39 is 15.8 Å². The Bertz CT molecular complexity index is 644. The van der Waals surface area contributed by atoms with Crippen molar-refractivity contribution in [1.29, 1.82) is 0 Å². The van der Waals surface area contributed by atoms with Crippen LogP contribution in [0.4, 0.5) is 4.39 Å². The van der Waals surface area contributed by atoms with Crippen LogP contribution >= 0.6 is 11.8 Å². The van der Waals surface area contributed by atoms with E-state index in [0.717, 1.165) is 24.0 Å². The molecule has 1 aromatic rings. The second kappa shape index (κ2) is 6.59. The Balaban J connectivity index is 2.21. The Labute approximate surface area is 122 Å². The first-order valence-corrected chi connectivity index (χ1v) is 8.75. The van der Waals surface area contributed by atoms with Crippen molar-refractivity contribution in [2.24, 2.45) is 5.73 Å². The molecule has 1 aromatic carbocycles. The lowest BCUT2D eigenvalue weighted by molar-refractivity contribution is 0.560. The van der Waals surface area contributed by atoms with Gasteiger partial charge in [-0.25, -0.2) is 17.5 Å². The van der Waals surface area contributed by atoms with Crippen molar-refractivity contribution in [3.63, 3.8) is 0 Å². The highest BCUT2D eigenvalue weighted by Crippen LogP contribution is 2.20. The number of hydrogen-bond donors (Lipinski definition) is 2. The molecule has 0 aliphatic carbocycles. The van der Waals surface area contributed by atoms with Crippen LogP contribution in [0.25, 0.3) is 0 Å². The summed E-state index contributed by atoms with van der Waals surface area (Å²) in [5, 5.41) is 0. The number of nitrogens with two attached hydrogens (primary N) is 1. The lowest BCUT2D eigenvalue weighted by Crippen LogP contribution is -2.34. The summed E-state index contributed by atoms with van der Waals surface area (Å²) in [5.41, 5.74) is 5.36. The molecule has 0 aromatic heterocycles. The van der Waals surface area contributed by atoms with Crippen LogP contribution in [0.5, 0.6) is 0 Å². The Hall–Kier alpha value is -1.07. The maximum absolute atomic E-state index is 13.8. The van der Waals surface area contributed by atoms with Gasteiger partial charge >= 0.3 is 0 Å². The third-order valence-corrected chi connectivity index (χ3v) is 5.51. The maximum Gasteiger partial charge on any atom is 0.240 e. The van der Waals surface area contributed by atoms with Gasteiger partial charge in [0.1, 0.15) is 5.82 Å². The zero-order chi connectivity index (χ0) is 14.6. The number of nitrogens with one attached hydrogen (secondary N) is 1. The largest absolute Gasteiger partial charge is 0.320 e. The van der Waals surface area contributed by atoms with Crippen LogP contribution in [0.15, 0.2) is 23.1 Å². The highest BCUT2D eigenvalue weighted by atomic mass is 32.2. The fourth-order valence-electron chi connectivity index (χ4n) is 1.83. The molecule has 0 radical (unpaired) electrons. The quantitative estimate of drug-likeness (QED) is 0.814. The van der Waals surface area contributed by atoms with E-state index in [1.54, 1.807) is 11.8 Å². The fourth-order valence-corrected chi connectivity index (χ4v) is 4.37. The maximum atomic E-state index is 13.8. The minimum atomic E-state index is -3.68. The van der Waals surface area contributed by atoms with Crippen molar-refractivity contribution in [3.05, 3.63) is 29.6 Å². The van der Waals surface area contributed by atoms with Gasteiger partial charge in [0, 0.05) is 11.8 Å². The molecule has 0 spiro atoms. The van der Waals surface area contributed by atoms with Gasteiger partial charge in [0.15, 0.2) is 0 Å². The van der Waals surface area contributed by atoms with E-state index in [0.29, 0.717) is 0 Å². The molecule has 4 nitrogen and oxygen atoms in total. The standard InChI is InChI=1S/C13H15FN2O2S2/c14-13-8-12(4-3-10(13)2-1-6-15)20(17,18)16-11-5-7-19-9-11/h3-4,8,11,16H,5-7,9,15H2. The average Bonchev–Trinajstić information content (AvgIpc) is 2.89. The predicted molar refractivity (Wildman–Crippen MR) is 78.4 cm³/mol. The number of halogens is 1. The number of rotatable bonds is 3. The van der Waals surface area contributed by atoms with Gasteiger partial charge in [0.05, 0.1) is 17.0 Å². The first-order valence-electron chi connectivity index (χ1n) is 6.11. The molecule has 1 aliphatic heterocycles. The normalized spacial score (nSPS) is 18.6. The van der Waals surface area contributed by atoms with Gasteiger partial charge in [0.25, 0.3) is 0 Å². The molecule has 1 aliphatic rings. The summed E-state index contributed by atoms with van der Waals surface area (Å²) in [6.45, 7) is 0.125. The average molecular weight is 314 g/mol. The van der Waals surface area contributed by atoms with Crippen LogP contribution in [-0.4, -0.2) is 32.5 Å². The molecule has 1 saturated heterocycles. The first kappa shape index (κ1) is 15.3. The summed E-state index contributed by atoms with van der Waals surface area (Å²) in [7, 11) is -3.68. The molecule has 0 saturated carbocycles. The minimum absolute atomic E-state index is 0.0785. The van der Waals surface area contributed by atoms with Crippen molar-refractivity contribution >= 4 is 21.8 Å². The van der Waals surface area contributed by atoms with Gasteiger partial charge in [-0.1, -0.05) is 11.8 Å². The van der Waals surface area contributed by atoms with Crippen molar-refractivity contribution < 1.29 is 12.8 Å². The summed E-state index contributed by atoms with van der Waals surface area (Å²) in [6, 6.07) is 3.62. The molecule has 1 atom stereocenters. The van der Waals surface area contributed by atoms with Crippen LogP contribution < -0.4 is 10.5 Å². The third kappa shape index (κ3) is 3.73.